The number of halogens is 3. The lowest BCUT2D eigenvalue weighted by Crippen LogP contribution is -2.32. The summed E-state index contributed by atoms with van der Waals surface area (Å²) in [5.41, 5.74) is 0.499. The lowest BCUT2D eigenvalue weighted by molar-refractivity contribution is -0.137. The van der Waals surface area contributed by atoms with Gasteiger partial charge in [-0.3, -0.25) is 9.78 Å². The molecule has 0 bridgehead atoms. The van der Waals surface area contributed by atoms with Gasteiger partial charge in [-0.05, 0) is 43.2 Å². The first-order valence-electron chi connectivity index (χ1n) is 9.73. The predicted molar refractivity (Wildman–Crippen MR) is 106 cm³/mol. The van der Waals surface area contributed by atoms with Crippen LogP contribution in [0, 0.1) is 0 Å². The topological polar surface area (TPSA) is 83.9 Å². The molecule has 0 unspecified atom stereocenters. The van der Waals surface area contributed by atoms with E-state index in [-0.39, 0.29) is 30.1 Å². The number of carbonyl (C=O) groups is 1. The summed E-state index contributed by atoms with van der Waals surface area (Å²) in [6.07, 6.45) is 1.53. The number of aromatic nitrogens is 4. The van der Waals surface area contributed by atoms with Crippen molar-refractivity contribution in [3.05, 3.63) is 71.9 Å². The number of amides is 1. The van der Waals surface area contributed by atoms with E-state index >= 15 is 0 Å². The summed E-state index contributed by atoms with van der Waals surface area (Å²) < 4.78 is 38.8. The normalized spacial score (nSPS) is 16.4. The molecule has 1 amide bonds. The Morgan fingerprint density at radius 1 is 1.10 bits per heavy atom. The van der Waals surface area contributed by atoms with Gasteiger partial charge < -0.3 is 10.2 Å². The number of nitrogens with one attached hydrogen (secondary N) is 1. The number of pyridine rings is 2. The first kappa shape index (κ1) is 20.7. The first-order valence-corrected chi connectivity index (χ1v) is 9.73. The second-order valence-corrected chi connectivity index (χ2v) is 7.10. The highest BCUT2D eigenvalue weighted by atomic mass is 19.4. The summed E-state index contributed by atoms with van der Waals surface area (Å²) in [6, 6.07) is 8.71. The second kappa shape index (κ2) is 8.66. The van der Waals surface area contributed by atoms with Crippen LogP contribution in [-0.2, 0) is 17.4 Å². The van der Waals surface area contributed by atoms with Gasteiger partial charge in [0.2, 0.25) is 11.9 Å². The third-order valence-electron chi connectivity index (χ3n) is 4.98. The van der Waals surface area contributed by atoms with Gasteiger partial charge in [-0.1, -0.05) is 6.07 Å². The molecule has 0 saturated carbocycles. The second-order valence-electron chi connectivity index (χ2n) is 7.10. The summed E-state index contributed by atoms with van der Waals surface area (Å²) in [5, 5.41) is 2.72. The zero-order valence-electron chi connectivity index (χ0n) is 16.4. The van der Waals surface area contributed by atoms with Crippen molar-refractivity contribution in [2.45, 2.75) is 31.5 Å². The quantitative estimate of drug-likeness (QED) is 0.663. The van der Waals surface area contributed by atoms with E-state index in [2.05, 4.69) is 25.3 Å². The Bertz CT molecular complexity index is 1060. The number of anilines is 2. The van der Waals surface area contributed by atoms with Gasteiger partial charge in [0.1, 0.15) is 5.82 Å². The average molecular weight is 428 g/mol. The highest BCUT2D eigenvalue weighted by molar-refractivity contribution is 5.79. The molecule has 3 aromatic heterocycles. The van der Waals surface area contributed by atoms with E-state index in [1.165, 1.54) is 6.20 Å². The van der Waals surface area contributed by atoms with Crippen LogP contribution in [0.3, 0.4) is 0 Å². The van der Waals surface area contributed by atoms with Gasteiger partial charge >= 0.3 is 6.18 Å². The van der Waals surface area contributed by atoms with E-state index < -0.39 is 11.7 Å². The summed E-state index contributed by atoms with van der Waals surface area (Å²) >= 11 is 0. The average Bonchev–Trinajstić information content (AvgIpc) is 3.24. The molecule has 10 heteroatoms. The number of rotatable bonds is 5. The fourth-order valence-corrected chi connectivity index (χ4v) is 3.54. The Balaban J connectivity index is 1.50. The van der Waals surface area contributed by atoms with E-state index in [1.54, 1.807) is 29.3 Å². The van der Waals surface area contributed by atoms with Gasteiger partial charge in [0.05, 0.1) is 23.7 Å². The van der Waals surface area contributed by atoms with Gasteiger partial charge in [0.25, 0.3) is 0 Å². The molecule has 1 fully saturated rings. The predicted octanol–water partition coefficient (Wildman–Crippen LogP) is 3.94. The highest BCUT2D eigenvalue weighted by Crippen LogP contribution is 2.32. The number of hydrogen-bond donors (Lipinski definition) is 1. The van der Waals surface area contributed by atoms with Crippen molar-refractivity contribution in [3.63, 3.8) is 0 Å². The monoisotopic (exact) mass is 428 g/mol. The fourth-order valence-electron chi connectivity index (χ4n) is 3.54. The van der Waals surface area contributed by atoms with E-state index in [1.807, 2.05) is 6.07 Å². The van der Waals surface area contributed by atoms with Crippen LogP contribution in [0.5, 0.6) is 0 Å². The molecule has 1 saturated heterocycles. The molecule has 0 aliphatic carbocycles. The Kier molecular flexibility index (Phi) is 5.79. The van der Waals surface area contributed by atoms with Crippen molar-refractivity contribution < 1.29 is 18.0 Å². The van der Waals surface area contributed by atoms with Gasteiger partial charge in [0, 0.05) is 30.8 Å². The number of alkyl halides is 3. The van der Waals surface area contributed by atoms with Crippen LogP contribution in [0.15, 0.2) is 55.0 Å². The van der Waals surface area contributed by atoms with Crippen LogP contribution in [0.4, 0.5) is 24.9 Å². The molecule has 4 rings (SSSR count). The fraction of sp³-hybridized carbons (Fsp3) is 0.286. The van der Waals surface area contributed by atoms with Crippen molar-refractivity contribution in [2.75, 3.05) is 11.9 Å². The van der Waals surface area contributed by atoms with Crippen LogP contribution in [0.2, 0.25) is 0 Å². The molecule has 0 radical (unpaired) electrons. The van der Waals surface area contributed by atoms with Crippen LogP contribution in [-0.4, -0.2) is 37.3 Å². The molecule has 0 aromatic carbocycles. The van der Waals surface area contributed by atoms with Crippen LogP contribution in [0.25, 0.3) is 0 Å². The lowest BCUT2D eigenvalue weighted by atomic mass is 10.1. The van der Waals surface area contributed by atoms with Crippen LogP contribution < -0.4 is 5.32 Å². The van der Waals surface area contributed by atoms with Gasteiger partial charge in [0.15, 0.2) is 0 Å². The smallest absolute Gasteiger partial charge is 0.334 e. The summed E-state index contributed by atoms with van der Waals surface area (Å²) in [7, 11) is 0. The van der Waals surface area contributed by atoms with Crippen molar-refractivity contribution in [1.29, 1.82) is 0 Å². The van der Waals surface area contributed by atoms with Gasteiger partial charge in [-0.2, -0.15) is 13.2 Å². The maximum absolute atomic E-state index is 12.9. The lowest BCUT2D eigenvalue weighted by Gasteiger charge is -2.24. The van der Waals surface area contributed by atoms with Crippen molar-refractivity contribution in [3.8, 4) is 0 Å². The number of nitrogens with zero attached hydrogens (tertiary/aromatic N) is 5. The molecule has 160 valence electrons. The zero-order valence-corrected chi connectivity index (χ0v) is 16.4. The summed E-state index contributed by atoms with van der Waals surface area (Å²) in [5.74, 6) is 0.0590. The Morgan fingerprint density at radius 2 is 1.94 bits per heavy atom. The third-order valence-corrected chi connectivity index (χ3v) is 4.98. The molecule has 1 N–H and O–H groups in total. The minimum absolute atomic E-state index is 0.0125. The molecule has 3 aromatic rings. The van der Waals surface area contributed by atoms with Crippen molar-refractivity contribution in [1.82, 2.24) is 24.8 Å². The third kappa shape index (κ3) is 4.96. The van der Waals surface area contributed by atoms with Gasteiger partial charge in [-0.15, -0.1) is 0 Å². The molecule has 31 heavy (non-hydrogen) atoms. The molecule has 7 nitrogen and oxygen atoms in total. The number of likely N-dealkylation sites (tertiary alicyclic amines) is 1. The molecular weight excluding hydrogens is 409 g/mol. The Labute approximate surface area is 176 Å². The summed E-state index contributed by atoms with van der Waals surface area (Å²) in [4.78, 5) is 31.2. The first-order chi connectivity index (χ1) is 14.9. The molecule has 4 heterocycles. The Morgan fingerprint density at radius 3 is 2.71 bits per heavy atom. The molecular formula is C21H19F3N6O. The largest absolute Gasteiger partial charge is 0.416 e. The molecule has 1 atom stereocenters. The maximum atomic E-state index is 12.9. The van der Waals surface area contributed by atoms with Crippen LogP contribution >= 0.6 is 0 Å². The SMILES string of the molecule is O=C(Cc1ccccn1)N1CCC[C@@H]1c1ccnc(Nc2cc(C(F)(F)F)ccn2)n1. The van der Waals surface area contributed by atoms with Gasteiger partial charge in [-0.25, -0.2) is 15.0 Å². The minimum atomic E-state index is -4.47. The Hall–Kier alpha value is -3.56. The number of hydrogen-bond acceptors (Lipinski definition) is 6. The highest BCUT2D eigenvalue weighted by Gasteiger charge is 2.32. The van der Waals surface area contributed by atoms with E-state index in [0.717, 1.165) is 31.2 Å². The molecule has 1 aliphatic rings. The van der Waals surface area contributed by atoms with Crippen molar-refractivity contribution >= 4 is 17.7 Å². The minimum Gasteiger partial charge on any atom is -0.334 e. The van der Waals surface area contributed by atoms with Crippen molar-refractivity contribution in [2.24, 2.45) is 0 Å². The molecule has 0 spiro atoms. The van der Waals surface area contributed by atoms with Crippen LogP contribution in [0.1, 0.15) is 35.8 Å². The van der Waals surface area contributed by atoms with E-state index in [0.29, 0.717) is 17.9 Å². The summed E-state index contributed by atoms with van der Waals surface area (Å²) in [6.45, 7) is 0.609. The number of carbonyl (C=O) groups excluding carboxylic acids is 1. The standard InChI is InChI=1S/C21H19F3N6O/c22-21(23,24)14-6-9-26-18(12-14)29-20-27-10-7-16(28-20)17-5-3-11-30(17)19(31)13-15-4-1-2-8-25-15/h1-2,4,6-10,12,17H,3,5,11,13H2,(H,26,27,28,29)/t17-/m1/s1. The van der Waals surface area contributed by atoms with E-state index in [4.69, 9.17) is 0 Å². The van der Waals surface area contributed by atoms with E-state index in [9.17, 15) is 18.0 Å². The zero-order chi connectivity index (χ0) is 21.8. The molecule has 1 aliphatic heterocycles. The maximum Gasteiger partial charge on any atom is 0.416 e.